The Balaban J connectivity index is 2.61. The fraction of sp³-hybridized carbons (Fsp3) is 0.385. The van der Waals surface area contributed by atoms with Gasteiger partial charge in [0.05, 0.1) is 7.11 Å². The first kappa shape index (κ1) is 11.0. The smallest absolute Gasteiger partial charge is 0.187 e. The fourth-order valence-corrected chi connectivity index (χ4v) is 2.32. The monoisotopic (exact) mass is 218 g/mol. The van der Waals surface area contributed by atoms with Crippen molar-refractivity contribution in [1.82, 2.24) is 0 Å². The van der Waals surface area contributed by atoms with Crippen LogP contribution in [0.3, 0.4) is 0 Å². The van der Waals surface area contributed by atoms with Crippen LogP contribution in [-0.4, -0.2) is 21.3 Å². The minimum Gasteiger partial charge on any atom is -0.496 e. The second kappa shape index (κ2) is 3.82. The lowest BCUT2D eigenvalue weighted by atomic mass is 9.70. The molecule has 0 N–H and O–H groups in total. The summed E-state index contributed by atoms with van der Waals surface area (Å²) >= 11 is 0. The highest BCUT2D eigenvalue weighted by Gasteiger charge is 2.54. The van der Waals surface area contributed by atoms with Crippen LogP contribution in [0, 0.1) is 12.3 Å². The molecule has 2 atom stereocenters. The van der Waals surface area contributed by atoms with Crippen LogP contribution < -0.4 is 4.74 Å². The van der Waals surface area contributed by atoms with Crippen LogP contribution in [0.2, 0.25) is 0 Å². The molecule has 0 saturated carbocycles. The Bertz CT molecular complexity index is 447. The Morgan fingerprint density at radius 1 is 1.31 bits per heavy atom. The molecule has 0 amide bonds. The number of rotatable bonds is 3. The summed E-state index contributed by atoms with van der Waals surface area (Å²) in [4.78, 5) is 0. The van der Waals surface area contributed by atoms with E-state index in [2.05, 4.69) is 5.92 Å². The second-order valence-electron chi connectivity index (χ2n) is 3.62. The maximum atomic E-state index is 5.57. The van der Waals surface area contributed by atoms with E-state index in [0.29, 0.717) is 0 Å². The lowest BCUT2D eigenvalue weighted by Crippen LogP contribution is -2.45. The van der Waals surface area contributed by atoms with Crippen LogP contribution in [0.25, 0.3) is 0 Å². The van der Waals surface area contributed by atoms with Crippen molar-refractivity contribution in [3.8, 4) is 18.1 Å². The number of terminal acetylenes is 1. The number of methoxy groups -OCH3 is 3. The van der Waals surface area contributed by atoms with Crippen LogP contribution in [-0.2, 0) is 15.1 Å². The molecule has 3 nitrogen and oxygen atoms in total. The Labute approximate surface area is 95.3 Å². The zero-order valence-corrected chi connectivity index (χ0v) is 9.61. The third-order valence-electron chi connectivity index (χ3n) is 3.07. The van der Waals surface area contributed by atoms with E-state index in [1.807, 2.05) is 18.2 Å². The SMILES string of the molecule is C#CC1(OC)c2c(OC)cccc2[C@H]1OC. The van der Waals surface area contributed by atoms with Gasteiger partial charge in [0.15, 0.2) is 5.60 Å². The predicted molar refractivity (Wildman–Crippen MR) is 60.3 cm³/mol. The van der Waals surface area contributed by atoms with E-state index in [1.165, 1.54) is 0 Å². The molecule has 16 heavy (non-hydrogen) atoms. The van der Waals surface area contributed by atoms with Gasteiger partial charge in [0.2, 0.25) is 0 Å². The van der Waals surface area contributed by atoms with Crippen molar-refractivity contribution in [1.29, 1.82) is 0 Å². The van der Waals surface area contributed by atoms with Crippen LogP contribution in [0.4, 0.5) is 0 Å². The molecule has 84 valence electrons. The largest absolute Gasteiger partial charge is 0.496 e. The third-order valence-corrected chi connectivity index (χ3v) is 3.07. The van der Waals surface area contributed by atoms with E-state index in [1.54, 1.807) is 21.3 Å². The molecule has 1 aliphatic rings. The van der Waals surface area contributed by atoms with Crippen molar-refractivity contribution < 1.29 is 14.2 Å². The van der Waals surface area contributed by atoms with Crippen molar-refractivity contribution in [2.24, 2.45) is 0 Å². The molecule has 0 fully saturated rings. The highest BCUT2D eigenvalue weighted by Crippen LogP contribution is 2.55. The van der Waals surface area contributed by atoms with Gasteiger partial charge in [-0.2, -0.15) is 0 Å². The van der Waals surface area contributed by atoms with E-state index in [4.69, 9.17) is 20.6 Å². The first-order valence-corrected chi connectivity index (χ1v) is 4.98. The molecular formula is C13H14O3. The molecule has 0 heterocycles. The van der Waals surface area contributed by atoms with Crippen LogP contribution in [0.15, 0.2) is 18.2 Å². The number of fused-ring (bicyclic) bond motifs is 1. The summed E-state index contributed by atoms with van der Waals surface area (Å²) < 4.78 is 16.1. The van der Waals surface area contributed by atoms with Crippen molar-refractivity contribution in [2.75, 3.05) is 21.3 Å². The first-order chi connectivity index (χ1) is 7.75. The zero-order valence-electron chi connectivity index (χ0n) is 9.61. The van der Waals surface area contributed by atoms with E-state index >= 15 is 0 Å². The van der Waals surface area contributed by atoms with Crippen molar-refractivity contribution in [3.05, 3.63) is 29.3 Å². The Morgan fingerprint density at radius 2 is 2.06 bits per heavy atom. The van der Waals surface area contributed by atoms with Gasteiger partial charge in [-0.3, -0.25) is 0 Å². The summed E-state index contributed by atoms with van der Waals surface area (Å²) in [6.45, 7) is 0. The summed E-state index contributed by atoms with van der Waals surface area (Å²) in [7, 11) is 4.83. The predicted octanol–water partition coefficient (Wildman–Crippen LogP) is 1.87. The minimum atomic E-state index is -0.823. The quantitative estimate of drug-likeness (QED) is 0.725. The summed E-state index contributed by atoms with van der Waals surface area (Å²) in [6, 6.07) is 5.76. The maximum absolute atomic E-state index is 5.57. The van der Waals surface area contributed by atoms with Crippen molar-refractivity contribution in [3.63, 3.8) is 0 Å². The van der Waals surface area contributed by atoms with E-state index in [0.717, 1.165) is 16.9 Å². The third kappa shape index (κ3) is 1.12. The molecule has 2 rings (SSSR count). The normalized spacial score (nSPS) is 26.5. The van der Waals surface area contributed by atoms with Gasteiger partial charge in [-0.05, 0) is 11.6 Å². The second-order valence-corrected chi connectivity index (χ2v) is 3.62. The summed E-state index contributed by atoms with van der Waals surface area (Å²) in [5, 5.41) is 0. The van der Waals surface area contributed by atoms with Gasteiger partial charge in [0.1, 0.15) is 11.9 Å². The molecule has 1 unspecified atom stereocenters. The summed E-state index contributed by atoms with van der Waals surface area (Å²) in [5.74, 6) is 3.41. The van der Waals surface area contributed by atoms with Crippen LogP contribution in [0.1, 0.15) is 17.2 Å². The van der Waals surface area contributed by atoms with Crippen LogP contribution >= 0.6 is 0 Å². The van der Waals surface area contributed by atoms with Gasteiger partial charge < -0.3 is 14.2 Å². The molecule has 0 bridgehead atoms. The highest BCUT2D eigenvalue weighted by molar-refractivity contribution is 5.58. The van der Waals surface area contributed by atoms with Gasteiger partial charge >= 0.3 is 0 Å². The number of ether oxygens (including phenoxy) is 3. The molecule has 0 aromatic heterocycles. The first-order valence-electron chi connectivity index (χ1n) is 4.98. The fourth-order valence-electron chi connectivity index (χ4n) is 2.32. The van der Waals surface area contributed by atoms with E-state index < -0.39 is 5.60 Å². The molecule has 0 saturated heterocycles. The number of hydrogen-bond donors (Lipinski definition) is 0. The van der Waals surface area contributed by atoms with Crippen molar-refractivity contribution in [2.45, 2.75) is 11.7 Å². The summed E-state index contributed by atoms with van der Waals surface area (Å²) in [5.41, 5.74) is 1.10. The highest BCUT2D eigenvalue weighted by atomic mass is 16.5. The zero-order chi connectivity index (χ0) is 11.8. The van der Waals surface area contributed by atoms with Gasteiger partial charge in [-0.15, -0.1) is 6.42 Å². The molecular weight excluding hydrogens is 204 g/mol. The topological polar surface area (TPSA) is 27.7 Å². The lowest BCUT2D eigenvalue weighted by Gasteiger charge is -2.45. The standard InChI is InChI=1S/C13H14O3/c1-5-13(16-4)11-9(12(13)15-3)7-6-8-10(11)14-2/h1,6-8,12H,2-4H3/t12-,13?/m1/s1. The summed E-state index contributed by atoms with van der Waals surface area (Å²) in [6.07, 6.45) is 5.34. The molecule has 1 aromatic carbocycles. The molecule has 0 aliphatic heterocycles. The maximum Gasteiger partial charge on any atom is 0.187 e. The Morgan fingerprint density at radius 3 is 2.56 bits per heavy atom. The van der Waals surface area contributed by atoms with Crippen molar-refractivity contribution >= 4 is 0 Å². The lowest BCUT2D eigenvalue weighted by molar-refractivity contribution is -0.115. The van der Waals surface area contributed by atoms with Gasteiger partial charge in [0.25, 0.3) is 0 Å². The average molecular weight is 218 g/mol. The molecule has 0 spiro atoms. The van der Waals surface area contributed by atoms with Gasteiger partial charge in [-0.1, -0.05) is 18.1 Å². The molecule has 1 aliphatic carbocycles. The Kier molecular flexibility index (Phi) is 2.63. The van der Waals surface area contributed by atoms with Gasteiger partial charge in [-0.25, -0.2) is 0 Å². The Hall–Kier alpha value is -1.50. The molecule has 0 radical (unpaired) electrons. The van der Waals surface area contributed by atoms with Gasteiger partial charge in [0, 0.05) is 19.8 Å². The average Bonchev–Trinajstić information content (AvgIpc) is 2.32. The molecule has 1 aromatic rings. The van der Waals surface area contributed by atoms with E-state index in [-0.39, 0.29) is 6.10 Å². The van der Waals surface area contributed by atoms with E-state index in [9.17, 15) is 0 Å². The minimum absolute atomic E-state index is 0.229. The number of hydrogen-bond acceptors (Lipinski definition) is 3. The number of benzene rings is 1. The van der Waals surface area contributed by atoms with Crippen LogP contribution in [0.5, 0.6) is 5.75 Å². The molecule has 3 heteroatoms.